The Hall–Kier alpha value is -3.44. The molecule has 0 spiro atoms. The average molecular weight is 476 g/mol. The van der Waals surface area contributed by atoms with Crippen molar-refractivity contribution < 1.29 is 29.4 Å². The number of carboxylic acids is 1. The molecule has 3 amide bonds. The number of aliphatic hydroxyl groups excluding tert-OH is 1. The SMILES string of the molecule is CC(C)CC(NC(=O)CNC(=O)C(NC(=O)C(N)Cc1c[nH]c2ccccc12)C(C)O)C(=O)O. The van der Waals surface area contributed by atoms with E-state index in [1.165, 1.54) is 6.92 Å². The highest BCUT2D eigenvalue weighted by Gasteiger charge is 2.29. The molecule has 8 N–H and O–H groups in total. The molecule has 2 aromatic rings. The molecule has 1 aromatic heterocycles. The summed E-state index contributed by atoms with van der Waals surface area (Å²) in [5.74, 6) is -3.27. The van der Waals surface area contributed by atoms with Gasteiger partial charge in [0.1, 0.15) is 12.1 Å². The molecule has 0 aliphatic rings. The monoisotopic (exact) mass is 475 g/mol. The number of aliphatic hydroxyl groups is 1. The Morgan fingerprint density at radius 1 is 1.06 bits per heavy atom. The summed E-state index contributed by atoms with van der Waals surface area (Å²) in [6, 6.07) is 4.14. The van der Waals surface area contributed by atoms with Crippen LogP contribution in [0.4, 0.5) is 0 Å². The number of rotatable bonds is 12. The average Bonchev–Trinajstić information content (AvgIpc) is 3.17. The van der Waals surface area contributed by atoms with Crippen molar-refractivity contribution in [2.24, 2.45) is 11.7 Å². The third-order valence-corrected chi connectivity index (χ3v) is 5.28. The van der Waals surface area contributed by atoms with Gasteiger partial charge in [-0.25, -0.2) is 4.79 Å². The van der Waals surface area contributed by atoms with Crippen LogP contribution < -0.4 is 21.7 Å². The summed E-state index contributed by atoms with van der Waals surface area (Å²) in [5, 5.41) is 27.2. The van der Waals surface area contributed by atoms with E-state index in [0.717, 1.165) is 16.5 Å². The zero-order valence-electron chi connectivity index (χ0n) is 19.5. The van der Waals surface area contributed by atoms with Gasteiger partial charge in [-0.1, -0.05) is 32.0 Å². The molecule has 4 unspecified atom stereocenters. The number of aromatic amines is 1. The number of aromatic nitrogens is 1. The lowest BCUT2D eigenvalue weighted by atomic mass is 10.0. The highest BCUT2D eigenvalue weighted by molar-refractivity contribution is 5.93. The van der Waals surface area contributed by atoms with Crippen molar-refractivity contribution in [1.82, 2.24) is 20.9 Å². The van der Waals surface area contributed by atoms with Crippen LogP contribution in [0.15, 0.2) is 30.5 Å². The highest BCUT2D eigenvalue weighted by atomic mass is 16.4. The van der Waals surface area contributed by atoms with Crippen molar-refractivity contribution in [3.8, 4) is 0 Å². The first-order valence-electron chi connectivity index (χ1n) is 11.1. The number of aliphatic carboxylic acids is 1. The Morgan fingerprint density at radius 2 is 1.74 bits per heavy atom. The van der Waals surface area contributed by atoms with Crippen LogP contribution in [0.5, 0.6) is 0 Å². The number of H-pyrrole nitrogens is 1. The van der Waals surface area contributed by atoms with Gasteiger partial charge < -0.3 is 36.9 Å². The minimum Gasteiger partial charge on any atom is -0.480 e. The Kier molecular flexibility index (Phi) is 9.58. The minimum atomic E-state index is -1.35. The van der Waals surface area contributed by atoms with E-state index >= 15 is 0 Å². The van der Waals surface area contributed by atoms with Crippen molar-refractivity contribution in [1.29, 1.82) is 0 Å². The number of carboxylic acid groups (broad SMARTS) is 1. The van der Waals surface area contributed by atoms with E-state index in [4.69, 9.17) is 5.73 Å². The van der Waals surface area contributed by atoms with Gasteiger partial charge in [0, 0.05) is 17.1 Å². The number of carbonyl (C=O) groups is 4. The summed E-state index contributed by atoms with van der Waals surface area (Å²) in [4.78, 5) is 51.6. The third kappa shape index (κ3) is 7.56. The molecule has 11 heteroatoms. The second-order valence-corrected chi connectivity index (χ2v) is 8.70. The summed E-state index contributed by atoms with van der Waals surface area (Å²) < 4.78 is 0. The molecule has 1 aromatic carbocycles. The molecule has 0 aliphatic carbocycles. The number of benzene rings is 1. The number of hydrogen-bond donors (Lipinski definition) is 7. The first kappa shape index (κ1) is 26.8. The van der Waals surface area contributed by atoms with E-state index in [9.17, 15) is 29.4 Å². The molecule has 2 rings (SSSR count). The van der Waals surface area contributed by atoms with E-state index in [1.54, 1.807) is 6.20 Å². The number of nitrogens with one attached hydrogen (secondary N) is 4. The summed E-state index contributed by atoms with van der Waals surface area (Å²) >= 11 is 0. The molecule has 0 saturated carbocycles. The van der Waals surface area contributed by atoms with Gasteiger partial charge in [-0.2, -0.15) is 0 Å². The molecule has 0 fully saturated rings. The molecule has 11 nitrogen and oxygen atoms in total. The van der Waals surface area contributed by atoms with Crippen LogP contribution in [0.1, 0.15) is 32.8 Å². The van der Waals surface area contributed by atoms with Crippen molar-refractivity contribution in [2.75, 3.05) is 6.54 Å². The molecule has 0 bridgehead atoms. The zero-order valence-corrected chi connectivity index (χ0v) is 19.5. The molecule has 0 aliphatic heterocycles. The smallest absolute Gasteiger partial charge is 0.326 e. The van der Waals surface area contributed by atoms with E-state index in [0.29, 0.717) is 0 Å². The predicted octanol–water partition coefficient (Wildman–Crippen LogP) is -0.365. The van der Waals surface area contributed by atoms with Crippen LogP contribution in [0.25, 0.3) is 10.9 Å². The summed E-state index contributed by atoms with van der Waals surface area (Å²) in [6.45, 7) is 4.45. The quantitative estimate of drug-likeness (QED) is 0.218. The van der Waals surface area contributed by atoms with Crippen molar-refractivity contribution in [3.63, 3.8) is 0 Å². The highest BCUT2D eigenvalue weighted by Crippen LogP contribution is 2.18. The number of carbonyl (C=O) groups excluding carboxylic acids is 3. The van der Waals surface area contributed by atoms with Gasteiger partial charge in [-0.05, 0) is 37.3 Å². The third-order valence-electron chi connectivity index (χ3n) is 5.28. The molecular weight excluding hydrogens is 442 g/mol. The maximum Gasteiger partial charge on any atom is 0.326 e. The Bertz CT molecular complexity index is 1020. The van der Waals surface area contributed by atoms with Gasteiger partial charge in [0.15, 0.2) is 0 Å². The molecule has 1 heterocycles. The van der Waals surface area contributed by atoms with Crippen molar-refractivity contribution in [2.45, 2.75) is 57.8 Å². The summed E-state index contributed by atoms with van der Waals surface area (Å²) in [6.07, 6.45) is 0.938. The number of para-hydroxylation sites is 1. The van der Waals surface area contributed by atoms with Gasteiger partial charge in [0.25, 0.3) is 0 Å². The Balaban J connectivity index is 1.92. The van der Waals surface area contributed by atoms with E-state index in [2.05, 4.69) is 20.9 Å². The van der Waals surface area contributed by atoms with Gasteiger partial charge >= 0.3 is 5.97 Å². The van der Waals surface area contributed by atoms with Crippen LogP contribution in [-0.2, 0) is 25.6 Å². The fraction of sp³-hybridized carbons (Fsp3) is 0.478. The summed E-state index contributed by atoms with van der Waals surface area (Å²) in [5.41, 5.74) is 7.78. The van der Waals surface area contributed by atoms with Crippen LogP contribution in [0.2, 0.25) is 0 Å². The normalized spacial score (nSPS) is 14.8. The lowest BCUT2D eigenvalue weighted by molar-refractivity contribution is -0.142. The maximum absolute atomic E-state index is 12.6. The first-order valence-corrected chi connectivity index (χ1v) is 11.1. The fourth-order valence-corrected chi connectivity index (χ4v) is 3.51. The minimum absolute atomic E-state index is 0.0410. The number of fused-ring (bicyclic) bond motifs is 1. The van der Waals surface area contributed by atoms with Crippen LogP contribution >= 0.6 is 0 Å². The van der Waals surface area contributed by atoms with E-state index in [-0.39, 0.29) is 18.8 Å². The molecule has 34 heavy (non-hydrogen) atoms. The molecule has 0 radical (unpaired) electrons. The van der Waals surface area contributed by atoms with Gasteiger partial charge in [0.2, 0.25) is 17.7 Å². The van der Waals surface area contributed by atoms with E-state index in [1.807, 2.05) is 38.1 Å². The number of amides is 3. The van der Waals surface area contributed by atoms with Crippen LogP contribution in [-0.4, -0.2) is 69.7 Å². The zero-order chi connectivity index (χ0) is 25.4. The van der Waals surface area contributed by atoms with Crippen LogP contribution in [0, 0.1) is 5.92 Å². The predicted molar refractivity (Wildman–Crippen MR) is 126 cm³/mol. The molecule has 186 valence electrons. The Morgan fingerprint density at radius 3 is 2.35 bits per heavy atom. The van der Waals surface area contributed by atoms with Gasteiger partial charge in [-0.15, -0.1) is 0 Å². The maximum atomic E-state index is 12.6. The van der Waals surface area contributed by atoms with Gasteiger partial charge in [0.05, 0.1) is 18.7 Å². The lowest BCUT2D eigenvalue weighted by Gasteiger charge is -2.23. The summed E-state index contributed by atoms with van der Waals surface area (Å²) in [7, 11) is 0. The lowest BCUT2D eigenvalue weighted by Crippen LogP contribution is -2.57. The van der Waals surface area contributed by atoms with Crippen molar-refractivity contribution >= 4 is 34.6 Å². The molecule has 4 atom stereocenters. The molecular formula is C23H33N5O6. The fourth-order valence-electron chi connectivity index (χ4n) is 3.51. The standard InChI is InChI=1S/C23H33N5O6/c1-12(2)8-18(23(33)34)27-19(30)11-26-22(32)20(13(3)29)28-21(31)16(24)9-14-10-25-17-7-5-4-6-15(14)17/h4-7,10,12-13,16,18,20,25,29H,8-9,11,24H2,1-3H3,(H,26,32)(H,27,30)(H,28,31)(H,33,34). The largest absolute Gasteiger partial charge is 0.480 e. The van der Waals surface area contributed by atoms with E-state index < -0.39 is 54.5 Å². The van der Waals surface area contributed by atoms with Crippen molar-refractivity contribution in [3.05, 3.63) is 36.0 Å². The molecule has 0 saturated heterocycles. The van der Waals surface area contributed by atoms with Gasteiger partial charge in [-0.3, -0.25) is 14.4 Å². The number of nitrogens with two attached hydrogens (primary N) is 1. The second kappa shape index (κ2) is 12.1. The van der Waals surface area contributed by atoms with Crippen LogP contribution in [0.3, 0.4) is 0 Å². The first-order chi connectivity index (χ1) is 16.0. The Labute approximate surface area is 197 Å². The second-order valence-electron chi connectivity index (χ2n) is 8.70. The number of hydrogen-bond acceptors (Lipinski definition) is 6. The topological polar surface area (TPSA) is 187 Å².